The summed E-state index contributed by atoms with van der Waals surface area (Å²) in [5, 5.41) is 5.90. The molecule has 1 amide bonds. The fourth-order valence-corrected chi connectivity index (χ4v) is 1.90. The quantitative estimate of drug-likeness (QED) is 0.785. The third-order valence-corrected chi connectivity index (χ3v) is 3.02. The number of carbonyl (C=O) groups excluding carboxylic acids is 1. The first-order valence-corrected chi connectivity index (χ1v) is 6.36. The Labute approximate surface area is 103 Å². The molecule has 2 N–H and O–H groups in total. The molecule has 0 bridgehead atoms. The Bertz CT molecular complexity index is 368. The van der Waals surface area contributed by atoms with Crippen molar-refractivity contribution < 1.29 is 4.79 Å². The Balaban J connectivity index is 1.73. The lowest BCUT2D eigenvalue weighted by Gasteiger charge is -2.06. The van der Waals surface area contributed by atoms with Crippen molar-refractivity contribution in [3.8, 4) is 0 Å². The number of hydrogen-bond acceptors (Lipinski definition) is 2. The summed E-state index contributed by atoms with van der Waals surface area (Å²) in [6.45, 7) is 3.76. The number of nitrogens with one attached hydrogen (secondary N) is 2. The van der Waals surface area contributed by atoms with E-state index in [1.54, 1.807) is 0 Å². The van der Waals surface area contributed by atoms with E-state index >= 15 is 0 Å². The highest BCUT2D eigenvalue weighted by molar-refractivity contribution is 5.77. The summed E-state index contributed by atoms with van der Waals surface area (Å²) in [6.07, 6.45) is 2.68. The second-order valence-corrected chi connectivity index (χ2v) is 4.57. The molecule has 0 aliphatic heterocycles. The van der Waals surface area contributed by atoms with Gasteiger partial charge in [-0.15, -0.1) is 0 Å². The van der Waals surface area contributed by atoms with Gasteiger partial charge in [0.05, 0.1) is 6.54 Å². The lowest BCUT2D eigenvalue weighted by atomic mass is 10.1. The van der Waals surface area contributed by atoms with Gasteiger partial charge in [-0.25, -0.2) is 0 Å². The van der Waals surface area contributed by atoms with Gasteiger partial charge in [0.25, 0.3) is 0 Å². The van der Waals surface area contributed by atoms with E-state index in [0.29, 0.717) is 13.1 Å². The Hall–Kier alpha value is -1.35. The van der Waals surface area contributed by atoms with Gasteiger partial charge in [0.2, 0.25) is 5.91 Å². The Morgan fingerprint density at radius 1 is 1.29 bits per heavy atom. The number of carbonyl (C=O) groups is 1. The van der Waals surface area contributed by atoms with Crippen LogP contribution in [0.3, 0.4) is 0 Å². The molecule has 1 aromatic rings. The van der Waals surface area contributed by atoms with Crippen molar-refractivity contribution in [1.29, 1.82) is 0 Å². The van der Waals surface area contributed by atoms with Crippen LogP contribution in [0.15, 0.2) is 24.3 Å². The van der Waals surface area contributed by atoms with Crippen LogP contribution in [-0.2, 0) is 11.3 Å². The monoisotopic (exact) mass is 232 g/mol. The maximum Gasteiger partial charge on any atom is 0.233 e. The summed E-state index contributed by atoms with van der Waals surface area (Å²) < 4.78 is 0. The van der Waals surface area contributed by atoms with E-state index in [1.165, 1.54) is 24.0 Å². The van der Waals surface area contributed by atoms with E-state index in [4.69, 9.17) is 0 Å². The molecule has 0 aromatic heterocycles. The summed E-state index contributed by atoms with van der Waals surface area (Å²) in [4.78, 5) is 11.2. The third-order valence-electron chi connectivity index (χ3n) is 3.02. The molecule has 1 fully saturated rings. The molecule has 1 aliphatic carbocycles. The standard InChI is InChI=1S/C14H20N2O/c1-2-16-14(17)10-15-9-11-3-5-12(6-4-11)13-7-8-13/h3-6,13,15H,2,7-10H2,1H3,(H,16,17). The van der Waals surface area contributed by atoms with E-state index < -0.39 is 0 Å². The van der Waals surface area contributed by atoms with Crippen molar-refractivity contribution in [3.63, 3.8) is 0 Å². The Morgan fingerprint density at radius 2 is 2.00 bits per heavy atom. The number of benzene rings is 1. The minimum Gasteiger partial charge on any atom is -0.355 e. The van der Waals surface area contributed by atoms with Gasteiger partial charge in [-0.05, 0) is 36.8 Å². The van der Waals surface area contributed by atoms with Crippen molar-refractivity contribution >= 4 is 5.91 Å². The molecule has 0 radical (unpaired) electrons. The Morgan fingerprint density at radius 3 is 2.59 bits per heavy atom. The van der Waals surface area contributed by atoms with Crippen molar-refractivity contribution in [2.75, 3.05) is 13.1 Å². The highest BCUT2D eigenvalue weighted by Gasteiger charge is 2.22. The van der Waals surface area contributed by atoms with Crippen LogP contribution in [0.4, 0.5) is 0 Å². The number of amides is 1. The minimum absolute atomic E-state index is 0.0575. The first-order chi connectivity index (χ1) is 8.29. The van der Waals surface area contributed by atoms with Gasteiger partial charge in [0.1, 0.15) is 0 Å². The molecule has 92 valence electrons. The largest absolute Gasteiger partial charge is 0.355 e. The van der Waals surface area contributed by atoms with Gasteiger partial charge >= 0.3 is 0 Å². The van der Waals surface area contributed by atoms with Crippen molar-refractivity contribution in [2.45, 2.75) is 32.2 Å². The van der Waals surface area contributed by atoms with E-state index in [1.807, 2.05) is 6.92 Å². The first-order valence-electron chi connectivity index (χ1n) is 6.36. The molecule has 17 heavy (non-hydrogen) atoms. The van der Waals surface area contributed by atoms with Gasteiger partial charge in [-0.1, -0.05) is 24.3 Å². The van der Waals surface area contributed by atoms with Crippen molar-refractivity contribution in [3.05, 3.63) is 35.4 Å². The topological polar surface area (TPSA) is 41.1 Å². The van der Waals surface area contributed by atoms with Crippen LogP contribution in [0.2, 0.25) is 0 Å². The molecule has 1 aliphatic rings. The van der Waals surface area contributed by atoms with Crippen molar-refractivity contribution in [2.24, 2.45) is 0 Å². The average molecular weight is 232 g/mol. The van der Waals surface area contributed by atoms with Gasteiger partial charge in [-0.3, -0.25) is 4.79 Å². The second kappa shape index (κ2) is 5.82. The molecule has 0 spiro atoms. The summed E-state index contributed by atoms with van der Waals surface area (Å²) in [6, 6.07) is 8.72. The van der Waals surface area contributed by atoms with Gasteiger partial charge in [-0.2, -0.15) is 0 Å². The zero-order chi connectivity index (χ0) is 12.1. The third kappa shape index (κ3) is 3.86. The lowest BCUT2D eigenvalue weighted by Crippen LogP contribution is -2.33. The van der Waals surface area contributed by atoms with E-state index in [2.05, 4.69) is 34.9 Å². The van der Waals surface area contributed by atoms with E-state index in [0.717, 1.165) is 12.5 Å². The lowest BCUT2D eigenvalue weighted by molar-refractivity contribution is -0.120. The predicted molar refractivity (Wildman–Crippen MR) is 68.8 cm³/mol. The second-order valence-electron chi connectivity index (χ2n) is 4.57. The van der Waals surface area contributed by atoms with Crippen LogP contribution >= 0.6 is 0 Å². The highest BCUT2D eigenvalue weighted by atomic mass is 16.1. The molecule has 3 nitrogen and oxygen atoms in total. The summed E-state index contributed by atoms with van der Waals surface area (Å²) in [5.74, 6) is 0.870. The Kier molecular flexibility index (Phi) is 4.15. The van der Waals surface area contributed by atoms with Crippen LogP contribution in [-0.4, -0.2) is 19.0 Å². The fourth-order valence-electron chi connectivity index (χ4n) is 1.90. The summed E-state index contributed by atoms with van der Waals surface area (Å²) in [5.41, 5.74) is 2.69. The van der Waals surface area contributed by atoms with Crippen molar-refractivity contribution in [1.82, 2.24) is 10.6 Å². The number of hydrogen-bond donors (Lipinski definition) is 2. The maximum atomic E-state index is 11.2. The normalized spacial score (nSPS) is 14.6. The molecule has 0 unspecified atom stereocenters. The molecule has 3 heteroatoms. The number of likely N-dealkylation sites (N-methyl/N-ethyl adjacent to an activating group) is 1. The molecule has 1 aromatic carbocycles. The van der Waals surface area contributed by atoms with Crippen LogP contribution in [0.25, 0.3) is 0 Å². The fraction of sp³-hybridized carbons (Fsp3) is 0.500. The van der Waals surface area contributed by atoms with Gasteiger partial charge in [0, 0.05) is 13.1 Å². The molecule has 2 rings (SSSR count). The average Bonchev–Trinajstić information content (AvgIpc) is 3.14. The SMILES string of the molecule is CCNC(=O)CNCc1ccc(C2CC2)cc1. The maximum absolute atomic E-state index is 11.2. The summed E-state index contributed by atoms with van der Waals surface area (Å²) in [7, 11) is 0. The van der Waals surface area contributed by atoms with Crippen LogP contribution in [0.5, 0.6) is 0 Å². The number of rotatable bonds is 6. The van der Waals surface area contributed by atoms with Crippen LogP contribution in [0, 0.1) is 0 Å². The summed E-state index contributed by atoms with van der Waals surface area (Å²) >= 11 is 0. The minimum atomic E-state index is 0.0575. The highest BCUT2D eigenvalue weighted by Crippen LogP contribution is 2.39. The molecule has 0 atom stereocenters. The first kappa shape index (κ1) is 12.1. The van der Waals surface area contributed by atoms with E-state index in [-0.39, 0.29) is 5.91 Å². The predicted octanol–water partition coefficient (Wildman–Crippen LogP) is 1.79. The molecular formula is C14H20N2O. The molecule has 0 heterocycles. The molecular weight excluding hydrogens is 212 g/mol. The smallest absolute Gasteiger partial charge is 0.233 e. The van der Waals surface area contributed by atoms with Gasteiger partial charge < -0.3 is 10.6 Å². The van der Waals surface area contributed by atoms with Crippen LogP contribution < -0.4 is 10.6 Å². The van der Waals surface area contributed by atoms with Crippen LogP contribution in [0.1, 0.15) is 36.8 Å². The van der Waals surface area contributed by atoms with Gasteiger partial charge in [0.15, 0.2) is 0 Å². The zero-order valence-electron chi connectivity index (χ0n) is 10.3. The van der Waals surface area contributed by atoms with E-state index in [9.17, 15) is 4.79 Å². The molecule has 0 saturated heterocycles. The zero-order valence-corrected chi connectivity index (χ0v) is 10.3. The molecule has 1 saturated carbocycles.